The van der Waals surface area contributed by atoms with Crippen LogP contribution in [0.2, 0.25) is 0 Å². The van der Waals surface area contributed by atoms with Crippen molar-refractivity contribution in [3.63, 3.8) is 0 Å². The molecule has 0 saturated carbocycles. The molecule has 0 amide bonds. The van der Waals surface area contributed by atoms with Gasteiger partial charge in [0.2, 0.25) is 0 Å². The molecule has 2 rings (SSSR count). The first-order valence-corrected chi connectivity index (χ1v) is 5.11. The smallest absolute Gasteiger partial charge is 0.254 e. The monoisotopic (exact) mass is 219 g/mol. The molecule has 0 aliphatic heterocycles. The van der Waals surface area contributed by atoms with Gasteiger partial charge in [0.25, 0.3) is 5.88 Å². The molecule has 0 aromatic carbocycles. The number of hydrogen-bond acceptors (Lipinski definition) is 5. The van der Waals surface area contributed by atoms with E-state index >= 15 is 0 Å². The summed E-state index contributed by atoms with van der Waals surface area (Å²) in [6.45, 7) is 4.01. The molecule has 15 heavy (non-hydrogen) atoms. The van der Waals surface area contributed by atoms with Gasteiger partial charge >= 0.3 is 0 Å². The highest BCUT2D eigenvalue weighted by molar-refractivity contribution is 6.99. The van der Waals surface area contributed by atoms with Crippen molar-refractivity contribution in [3.05, 3.63) is 37.2 Å². The van der Waals surface area contributed by atoms with Crippen LogP contribution in [0.4, 0.5) is 0 Å². The van der Waals surface area contributed by atoms with Crippen molar-refractivity contribution in [2.24, 2.45) is 0 Å². The van der Waals surface area contributed by atoms with Gasteiger partial charge in [-0.05, 0) is 12.1 Å². The Morgan fingerprint density at radius 3 is 3.13 bits per heavy atom. The molecular formula is C10H9N3OS. The van der Waals surface area contributed by atoms with E-state index in [1.54, 1.807) is 18.5 Å². The van der Waals surface area contributed by atoms with Crippen LogP contribution in [0.1, 0.15) is 0 Å². The van der Waals surface area contributed by atoms with Crippen molar-refractivity contribution in [3.8, 4) is 17.1 Å². The van der Waals surface area contributed by atoms with Crippen LogP contribution in [0.5, 0.6) is 5.88 Å². The third-order valence-electron chi connectivity index (χ3n) is 1.73. The van der Waals surface area contributed by atoms with Crippen LogP contribution in [0, 0.1) is 0 Å². The van der Waals surface area contributed by atoms with Crippen molar-refractivity contribution in [2.45, 2.75) is 0 Å². The average molecular weight is 219 g/mol. The maximum absolute atomic E-state index is 5.37. The van der Waals surface area contributed by atoms with E-state index in [0.29, 0.717) is 12.5 Å². The second-order valence-corrected chi connectivity index (χ2v) is 3.29. The Morgan fingerprint density at radius 1 is 1.47 bits per heavy atom. The lowest BCUT2D eigenvalue weighted by Gasteiger charge is -2.00. The highest BCUT2D eigenvalue weighted by Crippen LogP contribution is 2.26. The van der Waals surface area contributed by atoms with Gasteiger partial charge in [-0.2, -0.15) is 4.37 Å². The molecule has 0 N–H and O–H groups in total. The summed E-state index contributed by atoms with van der Waals surface area (Å²) in [4.78, 5) is 4.02. The van der Waals surface area contributed by atoms with Crippen LogP contribution < -0.4 is 4.74 Å². The van der Waals surface area contributed by atoms with Gasteiger partial charge in [0.15, 0.2) is 0 Å². The van der Waals surface area contributed by atoms with Gasteiger partial charge in [0.05, 0.1) is 11.7 Å². The highest BCUT2D eigenvalue weighted by Gasteiger charge is 2.10. The standard InChI is InChI=1S/C10H9N3OS/c1-2-6-14-10-9(12-15-13-10)8-4-3-5-11-7-8/h2-5,7H,1,6H2. The molecule has 2 heterocycles. The van der Waals surface area contributed by atoms with Crippen LogP contribution in [-0.4, -0.2) is 20.3 Å². The number of hydrogen-bond donors (Lipinski definition) is 0. The molecule has 0 aliphatic rings. The Balaban J connectivity index is 2.29. The third kappa shape index (κ3) is 2.19. The summed E-state index contributed by atoms with van der Waals surface area (Å²) in [7, 11) is 0. The quantitative estimate of drug-likeness (QED) is 0.739. The number of rotatable bonds is 4. The SMILES string of the molecule is C=CCOc1nsnc1-c1cccnc1. The molecule has 0 aliphatic carbocycles. The Morgan fingerprint density at radius 2 is 2.40 bits per heavy atom. The minimum Gasteiger partial charge on any atom is -0.471 e. The van der Waals surface area contributed by atoms with Gasteiger partial charge in [-0.1, -0.05) is 12.7 Å². The lowest BCUT2D eigenvalue weighted by Crippen LogP contribution is -1.94. The molecule has 0 saturated heterocycles. The molecule has 4 nitrogen and oxygen atoms in total. The van der Waals surface area contributed by atoms with Crippen LogP contribution in [-0.2, 0) is 0 Å². The Bertz CT molecular complexity index is 441. The summed E-state index contributed by atoms with van der Waals surface area (Å²) in [6.07, 6.45) is 5.12. The van der Waals surface area contributed by atoms with Crippen molar-refractivity contribution < 1.29 is 4.74 Å². The predicted molar refractivity (Wildman–Crippen MR) is 58.8 cm³/mol. The van der Waals surface area contributed by atoms with E-state index in [-0.39, 0.29) is 0 Å². The summed E-state index contributed by atoms with van der Waals surface area (Å²) in [6, 6.07) is 3.77. The van der Waals surface area contributed by atoms with Crippen LogP contribution in [0.25, 0.3) is 11.3 Å². The zero-order valence-electron chi connectivity index (χ0n) is 7.96. The Labute approximate surface area is 91.6 Å². The number of nitrogens with zero attached hydrogens (tertiary/aromatic N) is 3. The van der Waals surface area contributed by atoms with Crippen LogP contribution in [0.15, 0.2) is 37.2 Å². The minimum atomic E-state index is 0.429. The second kappa shape index (κ2) is 4.65. The van der Waals surface area contributed by atoms with Crippen molar-refractivity contribution >= 4 is 11.7 Å². The fourth-order valence-electron chi connectivity index (χ4n) is 1.09. The molecule has 2 aromatic rings. The summed E-state index contributed by atoms with van der Waals surface area (Å²) >= 11 is 1.12. The number of ether oxygens (including phenoxy) is 1. The maximum Gasteiger partial charge on any atom is 0.254 e. The first-order valence-electron chi connectivity index (χ1n) is 4.38. The molecular weight excluding hydrogens is 210 g/mol. The second-order valence-electron chi connectivity index (χ2n) is 2.76. The van der Waals surface area contributed by atoms with E-state index in [1.165, 1.54) is 0 Å². The lowest BCUT2D eigenvalue weighted by molar-refractivity contribution is 0.353. The van der Waals surface area contributed by atoms with Gasteiger partial charge < -0.3 is 4.74 Å². The van der Waals surface area contributed by atoms with Crippen molar-refractivity contribution in [1.29, 1.82) is 0 Å². The molecule has 0 spiro atoms. The van der Waals surface area contributed by atoms with Gasteiger partial charge in [-0.25, -0.2) is 0 Å². The molecule has 0 fully saturated rings. The van der Waals surface area contributed by atoms with E-state index in [0.717, 1.165) is 23.0 Å². The topological polar surface area (TPSA) is 47.9 Å². The summed E-state index contributed by atoms with van der Waals surface area (Å²) in [5, 5.41) is 0. The summed E-state index contributed by atoms with van der Waals surface area (Å²) in [5.41, 5.74) is 1.64. The zero-order chi connectivity index (χ0) is 10.5. The molecule has 0 bridgehead atoms. The van der Waals surface area contributed by atoms with E-state index < -0.39 is 0 Å². The molecule has 2 aromatic heterocycles. The van der Waals surface area contributed by atoms with E-state index in [4.69, 9.17) is 4.74 Å². The minimum absolute atomic E-state index is 0.429. The normalized spacial score (nSPS) is 9.87. The van der Waals surface area contributed by atoms with Gasteiger partial charge in [0, 0.05) is 18.0 Å². The molecule has 5 heteroatoms. The van der Waals surface area contributed by atoms with E-state index in [2.05, 4.69) is 20.3 Å². The van der Waals surface area contributed by atoms with E-state index in [9.17, 15) is 0 Å². The lowest BCUT2D eigenvalue weighted by atomic mass is 10.2. The van der Waals surface area contributed by atoms with Crippen molar-refractivity contribution in [2.75, 3.05) is 6.61 Å². The van der Waals surface area contributed by atoms with Crippen LogP contribution in [0.3, 0.4) is 0 Å². The third-order valence-corrected chi connectivity index (χ3v) is 2.24. The first-order chi connectivity index (χ1) is 7.42. The van der Waals surface area contributed by atoms with Gasteiger partial charge in [-0.3, -0.25) is 4.98 Å². The largest absolute Gasteiger partial charge is 0.471 e. The average Bonchev–Trinajstić information content (AvgIpc) is 2.75. The van der Waals surface area contributed by atoms with Gasteiger partial charge in [0.1, 0.15) is 12.3 Å². The summed E-state index contributed by atoms with van der Waals surface area (Å²) in [5.74, 6) is 0.535. The van der Waals surface area contributed by atoms with Crippen LogP contribution >= 0.6 is 11.7 Å². The fourth-order valence-corrected chi connectivity index (χ4v) is 1.61. The number of pyridine rings is 1. The molecule has 0 atom stereocenters. The van der Waals surface area contributed by atoms with Gasteiger partial charge in [-0.15, -0.1) is 4.37 Å². The Kier molecular flexibility index (Phi) is 3.04. The Hall–Kier alpha value is -1.75. The fraction of sp³-hybridized carbons (Fsp3) is 0.100. The molecule has 0 radical (unpaired) electrons. The summed E-state index contributed by atoms with van der Waals surface area (Å²) < 4.78 is 13.6. The maximum atomic E-state index is 5.37. The highest BCUT2D eigenvalue weighted by atomic mass is 32.1. The van der Waals surface area contributed by atoms with Crippen molar-refractivity contribution in [1.82, 2.24) is 13.7 Å². The number of aromatic nitrogens is 3. The molecule has 0 unspecified atom stereocenters. The zero-order valence-corrected chi connectivity index (χ0v) is 8.78. The van der Waals surface area contributed by atoms with E-state index in [1.807, 2.05) is 12.1 Å². The first kappa shape index (κ1) is 9.79. The molecule has 76 valence electrons. The predicted octanol–water partition coefficient (Wildman–Crippen LogP) is 2.16.